The van der Waals surface area contributed by atoms with Crippen molar-refractivity contribution in [2.75, 3.05) is 0 Å². The van der Waals surface area contributed by atoms with Gasteiger partial charge >= 0.3 is 0 Å². The van der Waals surface area contributed by atoms with Crippen LogP contribution in [-0.4, -0.2) is 21.6 Å². The highest BCUT2D eigenvalue weighted by molar-refractivity contribution is 8.00. The summed E-state index contributed by atoms with van der Waals surface area (Å²) in [4.78, 5) is 21.2. The first-order chi connectivity index (χ1) is 14.2. The van der Waals surface area contributed by atoms with Crippen LogP contribution >= 0.6 is 23.1 Å². The lowest BCUT2D eigenvalue weighted by atomic mass is 10.1. The van der Waals surface area contributed by atoms with E-state index in [2.05, 4.69) is 26.6 Å². The molecule has 0 aliphatic rings. The minimum absolute atomic E-state index is 0.245. The molecule has 2 heterocycles. The lowest BCUT2D eigenvalue weighted by Crippen LogP contribution is -2.19. The Hall–Kier alpha value is -3.03. The summed E-state index contributed by atoms with van der Waals surface area (Å²) < 4.78 is 2.25. The normalized spacial score (nSPS) is 11.6. The highest BCUT2D eigenvalue weighted by Crippen LogP contribution is 2.31. The van der Waals surface area contributed by atoms with Crippen molar-refractivity contribution >= 4 is 44.9 Å². The van der Waals surface area contributed by atoms with Gasteiger partial charge in [0.2, 0.25) is 0 Å². The minimum Gasteiger partial charge on any atom is -0.267 e. The van der Waals surface area contributed by atoms with Gasteiger partial charge in [-0.1, -0.05) is 42.1 Å². The predicted octanol–water partition coefficient (Wildman–Crippen LogP) is 5.14. The molecule has 0 fully saturated rings. The number of aromatic nitrogens is 2. The second kappa shape index (κ2) is 8.98. The van der Waals surface area contributed by atoms with Crippen LogP contribution in [0.25, 0.3) is 10.2 Å². The number of rotatable bonds is 6. The molecule has 0 aliphatic carbocycles. The van der Waals surface area contributed by atoms with E-state index in [-0.39, 0.29) is 5.91 Å². The van der Waals surface area contributed by atoms with E-state index in [9.17, 15) is 4.79 Å². The van der Waals surface area contributed by atoms with E-state index < -0.39 is 0 Å². The summed E-state index contributed by atoms with van der Waals surface area (Å²) in [5.74, 6) is 0.559. The fraction of sp³-hybridized carbons (Fsp3) is 0.0909. The van der Waals surface area contributed by atoms with Crippen LogP contribution in [0.5, 0.6) is 0 Å². The van der Waals surface area contributed by atoms with Gasteiger partial charge in [0.15, 0.2) is 4.34 Å². The number of hydrogen-bond acceptors (Lipinski definition) is 6. The van der Waals surface area contributed by atoms with Gasteiger partial charge in [-0.05, 0) is 48.9 Å². The van der Waals surface area contributed by atoms with Crippen molar-refractivity contribution in [3.63, 3.8) is 0 Å². The van der Waals surface area contributed by atoms with E-state index in [1.807, 2.05) is 67.6 Å². The second-order valence-electron chi connectivity index (χ2n) is 6.29. The number of pyridine rings is 1. The molecule has 4 aromatic rings. The van der Waals surface area contributed by atoms with E-state index in [1.165, 1.54) is 4.70 Å². The highest BCUT2D eigenvalue weighted by Gasteiger charge is 2.07. The van der Waals surface area contributed by atoms with Crippen LogP contribution in [-0.2, 0) is 5.75 Å². The van der Waals surface area contributed by atoms with Gasteiger partial charge in [0.05, 0.1) is 21.6 Å². The maximum Gasteiger partial charge on any atom is 0.271 e. The molecule has 0 bridgehead atoms. The molecule has 29 heavy (non-hydrogen) atoms. The Morgan fingerprint density at radius 3 is 2.62 bits per heavy atom. The summed E-state index contributed by atoms with van der Waals surface area (Å²) in [5, 5.41) is 4.13. The highest BCUT2D eigenvalue weighted by atomic mass is 32.2. The largest absolute Gasteiger partial charge is 0.271 e. The molecule has 0 aliphatic heterocycles. The molecule has 1 N–H and O–H groups in total. The molecule has 2 aromatic heterocycles. The van der Waals surface area contributed by atoms with E-state index in [0.717, 1.165) is 26.9 Å². The van der Waals surface area contributed by atoms with Gasteiger partial charge in [0.1, 0.15) is 0 Å². The number of fused-ring (bicyclic) bond motifs is 1. The quantitative estimate of drug-likeness (QED) is 0.268. The van der Waals surface area contributed by atoms with Crippen molar-refractivity contribution in [1.82, 2.24) is 15.4 Å². The number of carbonyl (C=O) groups excluding carboxylic acids is 1. The number of benzene rings is 2. The molecule has 2 aromatic carbocycles. The van der Waals surface area contributed by atoms with Crippen LogP contribution in [0.2, 0.25) is 0 Å². The lowest BCUT2D eigenvalue weighted by Gasteiger charge is -2.04. The molecule has 0 saturated heterocycles. The zero-order chi connectivity index (χ0) is 20.1. The number of nitrogens with zero attached hydrogens (tertiary/aromatic N) is 3. The van der Waals surface area contributed by atoms with Crippen LogP contribution in [0.15, 0.2) is 82.4 Å². The van der Waals surface area contributed by atoms with Gasteiger partial charge in [-0.15, -0.1) is 11.3 Å². The number of hydrogen-bond donors (Lipinski definition) is 1. The Bertz CT molecular complexity index is 1120. The van der Waals surface area contributed by atoms with Crippen molar-refractivity contribution in [1.29, 1.82) is 0 Å². The number of carbonyl (C=O) groups is 1. The van der Waals surface area contributed by atoms with Gasteiger partial charge in [0, 0.05) is 17.5 Å². The molecule has 1 amide bonds. The molecule has 5 nitrogen and oxygen atoms in total. The maximum absolute atomic E-state index is 12.3. The fourth-order valence-corrected chi connectivity index (χ4v) is 4.67. The number of hydrazone groups is 1. The summed E-state index contributed by atoms with van der Waals surface area (Å²) in [7, 11) is 0. The summed E-state index contributed by atoms with van der Waals surface area (Å²) in [6.45, 7) is 1.81. The van der Waals surface area contributed by atoms with Crippen LogP contribution in [0.4, 0.5) is 0 Å². The molecular weight excluding hydrogens is 400 g/mol. The Kier molecular flexibility index (Phi) is 5.97. The Morgan fingerprint density at radius 1 is 1.07 bits per heavy atom. The van der Waals surface area contributed by atoms with Gasteiger partial charge in [-0.25, -0.2) is 10.4 Å². The Labute approximate surface area is 176 Å². The van der Waals surface area contributed by atoms with Crippen LogP contribution < -0.4 is 5.43 Å². The van der Waals surface area contributed by atoms with Gasteiger partial charge in [0.25, 0.3) is 5.91 Å². The Morgan fingerprint density at radius 2 is 1.86 bits per heavy atom. The molecule has 144 valence electrons. The van der Waals surface area contributed by atoms with Crippen LogP contribution in [0, 0.1) is 0 Å². The van der Waals surface area contributed by atoms with Crippen molar-refractivity contribution in [3.05, 3.63) is 89.7 Å². The van der Waals surface area contributed by atoms with Crippen molar-refractivity contribution in [2.45, 2.75) is 17.0 Å². The molecule has 0 radical (unpaired) electrons. The zero-order valence-electron chi connectivity index (χ0n) is 15.7. The van der Waals surface area contributed by atoms with Gasteiger partial charge in [-0.3, -0.25) is 9.78 Å². The third-order valence-electron chi connectivity index (χ3n) is 4.21. The van der Waals surface area contributed by atoms with Gasteiger partial charge in [-0.2, -0.15) is 5.10 Å². The van der Waals surface area contributed by atoms with Crippen molar-refractivity contribution < 1.29 is 4.79 Å². The molecule has 4 rings (SSSR count). The first-order valence-electron chi connectivity index (χ1n) is 9.02. The first-order valence-corrected chi connectivity index (χ1v) is 10.8. The maximum atomic E-state index is 12.3. The average Bonchev–Trinajstić information content (AvgIpc) is 3.20. The number of amides is 1. The zero-order valence-corrected chi connectivity index (χ0v) is 17.3. The van der Waals surface area contributed by atoms with E-state index in [1.54, 1.807) is 29.3 Å². The second-order valence-corrected chi connectivity index (χ2v) is 8.54. The smallest absolute Gasteiger partial charge is 0.267 e. The molecule has 0 atom stereocenters. The van der Waals surface area contributed by atoms with Crippen LogP contribution in [0.3, 0.4) is 0 Å². The average molecular weight is 419 g/mol. The summed E-state index contributed by atoms with van der Waals surface area (Å²) >= 11 is 3.40. The lowest BCUT2D eigenvalue weighted by molar-refractivity contribution is 0.0955. The minimum atomic E-state index is -0.245. The topological polar surface area (TPSA) is 67.2 Å². The SMILES string of the molecule is C/C(=N\NC(=O)c1ccc(CSc2nc3ccccc3s2)cc1)c1ccccn1. The third-order valence-corrected chi connectivity index (χ3v) is 6.46. The number of nitrogens with one attached hydrogen (secondary N) is 1. The fourth-order valence-electron chi connectivity index (χ4n) is 2.64. The predicted molar refractivity (Wildman–Crippen MR) is 120 cm³/mol. The molecule has 0 spiro atoms. The van der Waals surface area contributed by atoms with E-state index >= 15 is 0 Å². The van der Waals surface area contributed by atoms with E-state index in [0.29, 0.717) is 11.3 Å². The molecule has 0 saturated carbocycles. The van der Waals surface area contributed by atoms with E-state index in [4.69, 9.17) is 0 Å². The van der Waals surface area contributed by atoms with Crippen molar-refractivity contribution in [2.24, 2.45) is 5.10 Å². The summed E-state index contributed by atoms with van der Waals surface area (Å²) in [5.41, 5.74) is 6.71. The number of para-hydroxylation sites is 1. The molecule has 7 heteroatoms. The van der Waals surface area contributed by atoms with Crippen molar-refractivity contribution in [3.8, 4) is 0 Å². The van der Waals surface area contributed by atoms with Crippen LogP contribution in [0.1, 0.15) is 28.5 Å². The summed E-state index contributed by atoms with van der Waals surface area (Å²) in [6, 6.07) is 21.3. The standard InChI is InChI=1S/C22H18N4OS2/c1-15(18-6-4-5-13-23-18)25-26-21(27)17-11-9-16(10-12-17)14-28-22-24-19-7-2-3-8-20(19)29-22/h2-13H,14H2,1H3,(H,26,27)/b25-15+. The summed E-state index contributed by atoms with van der Waals surface area (Å²) in [6.07, 6.45) is 1.70. The molecule has 0 unspecified atom stereocenters. The number of thiazole rings is 1. The third kappa shape index (κ3) is 4.88. The first kappa shape index (κ1) is 19.3. The molecular formula is C22H18N4OS2. The monoisotopic (exact) mass is 418 g/mol. The number of thioether (sulfide) groups is 1. The van der Waals surface area contributed by atoms with Gasteiger partial charge < -0.3 is 0 Å². The Balaban J connectivity index is 1.35.